The first-order valence-corrected chi connectivity index (χ1v) is 8.80. The van der Waals surface area contributed by atoms with Crippen molar-refractivity contribution in [1.82, 2.24) is 0 Å². The summed E-state index contributed by atoms with van der Waals surface area (Å²) in [6, 6.07) is 14.1. The third-order valence-corrected chi connectivity index (χ3v) is 5.10. The fourth-order valence-electron chi connectivity index (χ4n) is 3.62. The minimum atomic E-state index is -0.945. The Labute approximate surface area is 155 Å². The lowest BCUT2D eigenvalue weighted by Gasteiger charge is -2.28. The van der Waals surface area contributed by atoms with Gasteiger partial charge in [0.05, 0.1) is 0 Å². The van der Waals surface area contributed by atoms with Crippen LogP contribution in [0.5, 0.6) is 0 Å². The molecule has 0 aliphatic carbocycles. The van der Waals surface area contributed by atoms with Gasteiger partial charge in [-0.1, -0.05) is 35.9 Å². The summed E-state index contributed by atoms with van der Waals surface area (Å²) in [6.07, 6.45) is 0.866. The lowest BCUT2D eigenvalue weighted by molar-refractivity contribution is -0.137. The van der Waals surface area contributed by atoms with Crippen LogP contribution in [0.15, 0.2) is 54.1 Å². The third kappa shape index (κ3) is 2.84. The predicted octanol–water partition coefficient (Wildman–Crippen LogP) is 3.80. The molecule has 0 radical (unpaired) electrons. The number of rotatable bonds is 2. The van der Waals surface area contributed by atoms with Crippen LogP contribution >= 0.6 is 11.6 Å². The largest absolute Gasteiger partial charge is 0.480 e. The van der Waals surface area contributed by atoms with E-state index >= 15 is 0 Å². The first-order chi connectivity index (χ1) is 12.5. The van der Waals surface area contributed by atoms with E-state index in [1.807, 2.05) is 36.4 Å². The summed E-state index contributed by atoms with van der Waals surface area (Å²) in [5.74, 6) is -1.00. The number of anilines is 2. The Balaban J connectivity index is 1.78. The van der Waals surface area contributed by atoms with Crippen molar-refractivity contribution in [2.45, 2.75) is 18.9 Å². The van der Waals surface area contributed by atoms with Crippen LogP contribution in [-0.2, 0) is 9.59 Å². The van der Waals surface area contributed by atoms with Gasteiger partial charge in [0.2, 0.25) is 0 Å². The molecule has 4 rings (SSSR count). The summed E-state index contributed by atoms with van der Waals surface area (Å²) < 4.78 is 0. The summed E-state index contributed by atoms with van der Waals surface area (Å²) >= 11 is 6.06. The van der Waals surface area contributed by atoms with Gasteiger partial charge in [0.25, 0.3) is 5.91 Å². The number of para-hydroxylation sites is 1. The average molecular weight is 369 g/mol. The molecule has 1 amide bonds. The minimum Gasteiger partial charge on any atom is -0.480 e. The molecule has 132 valence electrons. The Bertz CT molecular complexity index is 924. The number of halogens is 1. The molecule has 1 saturated heterocycles. The molecule has 1 atom stereocenters. The van der Waals surface area contributed by atoms with E-state index in [4.69, 9.17) is 11.6 Å². The van der Waals surface area contributed by atoms with E-state index in [1.54, 1.807) is 17.0 Å². The maximum Gasteiger partial charge on any atom is 0.326 e. The van der Waals surface area contributed by atoms with Crippen molar-refractivity contribution in [2.75, 3.05) is 16.8 Å². The Kier molecular flexibility index (Phi) is 4.17. The monoisotopic (exact) mass is 368 g/mol. The number of carbonyl (C=O) groups excluding carboxylic acids is 1. The molecule has 2 aliphatic heterocycles. The van der Waals surface area contributed by atoms with E-state index < -0.39 is 12.0 Å². The number of hydrogen-bond donors (Lipinski definition) is 2. The van der Waals surface area contributed by atoms with Crippen LogP contribution in [-0.4, -0.2) is 29.6 Å². The number of carboxylic acid groups (broad SMARTS) is 1. The van der Waals surface area contributed by atoms with Gasteiger partial charge >= 0.3 is 5.97 Å². The van der Waals surface area contributed by atoms with Gasteiger partial charge in [0.1, 0.15) is 6.04 Å². The zero-order valence-corrected chi connectivity index (χ0v) is 14.7. The number of aliphatic carboxylic acids is 1. The SMILES string of the molecule is O=C(O)[C@H]1CC(=C2CCN(c3ccccc3)C2=O)c2ccc(Cl)cc2N1. The number of amides is 1. The Morgan fingerprint density at radius 2 is 1.92 bits per heavy atom. The second kappa shape index (κ2) is 6.50. The van der Waals surface area contributed by atoms with E-state index in [0.717, 1.165) is 16.8 Å². The van der Waals surface area contributed by atoms with E-state index in [0.29, 0.717) is 29.2 Å². The van der Waals surface area contributed by atoms with Crippen molar-refractivity contribution in [3.8, 4) is 0 Å². The highest BCUT2D eigenvalue weighted by atomic mass is 35.5. The smallest absolute Gasteiger partial charge is 0.326 e. The molecule has 2 N–H and O–H groups in total. The standard InChI is InChI=1S/C20H17ClN2O3/c21-12-6-7-14-16(11-18(20(25)26)22-17(14)10-12)15-8-9-23(19(15)24)13-4-2-1-3-5-13/h1-7,10,18,22H,8-9,11H2,(H,25,26)/t18-/m1/s1. The Hall–Kier alpha value is -2.79. The number of carbonyl (C=O) groups is 2. The van der Waals surface area contributed by atoms with Crippen molar-refractivity contribution >= 4 is 40.4 Å². The van der Waals surface area contributed by atoms with Crippen molar-refractivity contribution in [3.63, 3.8) is 0 Å². The highest BCUT2D eigenvalue weighted by Crippen LogP contribution is 2.40. The zero-order chi connectivity index (χ0) is 18.3. The molecule has 0 saturated carbocycles. The number of fused-ring (bicyclic) bond motifs is 1. The molecule has 6 heteroatoms. The maximum atomic E-state index is 13.0. The van der Waals surface area contributed by atoms with Crippen LogP contribution < -0.4 is 10.2 Å². The average Bonchev–Trinajstić information content (AvgIpc) is 3.02. The van der Waals surface area contributed by atoms with Gasteiger partial charge in [0, 0.05) is 40.5 Å². The van der Waals surface area contributed by atoms with Crippen molar-refractivity contribution in [1.29, 1.82) is 0 Å². The van der Waals surface area contributed by atoms with Crippen LogP contribution in [0.4, 0.5) is 11.4 Å². The third-order valence-electron chi connectivity index (χ3n) is 4.86. The lowest BCUT2D eigenvalue weighted by atomic mass is 9.88. The fraction of sp³-hybridized carbons (Fsp3) is 0.200. The topological polar surface area (TPSA) is 69.6 Å². The number of carboxylic acids is 1. The van der Waals surface area contributed by atoms with Crippen LogP contribution in [0.1, 0.15) is 18.4 Å². The van der Waals surface area contributed by atoms with Gasteiger partial charge in [-0.3, -0.25) is 4.79 Å². The summed E-state index contributed by atoms with van der Waals surface area (Å²) in [7, 11) is 0. The molecule has 0 aromatic heterocycles. The molecule has 2 aromatic rings. The number of hydrogen-bond acceptors (Lipinski definition) is 3. The normalized spacial score (nSPS) is 22.1. The molecule has 0 spiro atoms. The second-order valence-corrected chi connectivity index (χ2v) is 6.87. The van der Waals surface area contributed by atoms with Crippen LogP contribution in [0, 0.1) is 0 Å². The van der Waals surface area contributed by atoms with E-state index in [1.165, 1.54) is 0 Å². The lowest BCUT2D eigenvalue weighted by Crippen LogP contribution is -2.33. The molecule has 2 aliphatic rings. The summed E-state index contributed by atoms with van der Waals surface area (Å²) in [5, 5.41) is 13.0. The van der Waals surface area contributed by atoms with Gasteiger partial charge < -0.3 is 15.3 Å². The predicted molar refractivity (Wildman–Crippen MR) is 101 cm³/mol. The van der Waals surface area contributed by atoms with Crippen molar-refractivity contribution in [3.05, 3.63) is 64.7 Å². The quantitative estimate of drug-likeness (QED) is 0.791. The van der Waals surface area contributed by atoms with Crippen LogP contribution in [0.25, 0.3) is 5.57 Å². The summed E-state index contributed by atoms with van der Waals surface area (Å²) in [6.45, 7) is 0.593. The van der Waals surface area contributed by atoms with E-state index in [-0.39, 0.29) is 12.3 Å². The van der Waals surface area contributed by atoms with Crippen LogP contribution in [0.2, 0.25) is 5.02 Å². The Morgan fingerprint density at radius 3 is 2.65 bits per heavy atom. The van der Waals surface area contributed by atoms with Crippen molar-refractivity contribution < 1.29 is 14.7 Å². The first-order valence-electron chi connectivity index (χ1n) is 8.43. The highest BCUT2D eigenvalue weighted by molar-refractivity contribution is 6.31. The zero-order valence-electron chi connectivity index (χ0n) is 13.9. The highest BCUT2D eigenvalue weighted by Gasteiger charge is 2.35. The summed E-state index contributed by atoms with van der Waals surface area (Å²) in [5.41, 5.74) is 3.85. The van der Waals surface area contributed by atoms with Gasteiger partial charge in [-0.2, -0.15) is 0 Å². The molecule has 0 unspecified atom stereocenters. The molecule has 0 bridgehead atoms. The number of nitrogens with one attached hydrogen (secondary N) is 1. The number of nitrogens with zero attached hydrogens (tertiary/aromatic N) is 1. The van der Waals surface area contributed by atoms with Gasteiger partial charge in [0.15, 0.2) is 0 Å². The van der Waals surface area contributed by atoms with Crippen molar-refractivity contribution in [2.24, 2.45) is 0 Å². The van der Waals surface area contributed by atoms with E-state index in [9.17, 15) is 14.7 Å². The number of benzene rings is 2. The maximum absolute atomic E-state index is 13.0. The van der Waals surface area contributed by atoms with Gasteiger partial charge in [-0.25, -0.2) is 4.79 Å². The Morgan fingerprint density at radius 1 is 1.15 bits per heavy atom. The molecule has 2 aromatic carbocycles. The van der Waals surface area contributed by atoms with Gasteiger partial charge in [-0.15, -0.1) is 0 Å². The summed E-state index contributed by atoms with van der Waals surface area (Å²) in [4.78, 5) is 26.3. The molecule has 2 heterocycles. The molecule has 5 nitrogen and oxygen atoms in total. The molecular weight excluding hydrogens is 352 g/mol. The van der Waals surface area contributed by atoms with Gasteiger partial charge in [-0.05, 0) is 36.3 Å². The van der Waals surface area contributed by atoms with Crippen LogP contribution in [0.3, 0.4) is 0 Å². The molecule has 26 heavy (non-hydrogen) atoms. The minimum absolute atomic E-state index is 0.0573. The fourth-order valence-corrected chi connectivity index (χ4v) is 3.79. The molecular formula is C20H17ClN2O3. The second-order valence-electron chi connectivity index (χ2n) is 6.43. The van der Waals surface area contributed by atoms with E-state index in [2.05, 4.69) is 5.32 Å². The molecule has 1 fully saturated rings. The first kappa shape index (κ1) is 16.7.